The summed E-state index contributed by atoms with van der Waals surface area (Å²) in [5.74, 6) is -0.258. The SMILES string of the molecule is O=C(Nc1ccccc1Nc1nc(Nc2ccc(N3CCCCC3=O)cc2)ncc1F)C1CC1. The standard InChI is InChI=1S/C25H25FN6O2/c26-19-15-27-25(28-17-10-12-18(13-11-17)32-14-4-3-7-22(32)33)31-23(19)29-20-5-1-2-6-21(20)30-24(34)16-8-9-16/h1-2,5-6,10-13,15-16H,3-4,7-9,14H2,(H,30,34)(H2,27,28,29,31). The molecule has 0 radical (unpaired) electrons. The third-order valence-corrected chi connectivity index (χ3v) is 5.89. The van der Waals surface area contributed by atoms with E-state index in [1.54, 1.807) is 29.2 Å². The fourth-order valence-corrected chi connectivity index (χ4v) is 3.86. The molecule has 1 aromatic heterocycles. The summed E-state index contributed by atoms with van der Waals surface area (Å²) >= 11 is 0. The molecule has 34 heavy (non-hydrogen) atoms. The van der Waals surface area contributed by atoms with Crippen LogP contribution >= 0.6 is 0 Å². The number of amides is 2. The minimum atomic E-state index is -0.618. The Morgan fingerprint density at radius 2 is 1.76 bits per heavy atom. The van der Waals surface area contributed by atoms with Gasteiger partial charge in [0.1, 0.15) is 0 Å². The molecule has 1 saturated carbocycles. The maximum absolute atomic E-state index is 14.5. The number of piperidine rings is 1. The molecular weight excluding hydrogens is 435 g/mol. The number of benzene rings is 2. The van der Waals surface area contributed by atoms with Crippen LogP contribution in [0.1, 0.15) is 32.1 Å². The quantitative estimate of drug-likeness (QED) is 0.461. The minimum Gasteiger partial charge on any atom is -0.336 e. The van der Waals surface area contributed by atoms with Gasteiger partial charge < -0.3 is 20.9 Å². The van der Waals surface area contributed by atoms with Crippen LogP contribution in [0.5, 0.6) is 0 Å². The highest BCUT2D eigenvalue weighted by Crippen LogP contribution is 2.32. The van der Waals surface area contributed by atoms with Gasteiger partial charge in [0.15, 0.2) is 11.6 Å². The molecule has 0 unspecified atom stereocenters. The maximum Gasteiger partial charge on any atom is 0.229 e. The molecule has 2 heterocycles. The van der Waals surface area contributed by atoms with Crippen molar-refractivity contribution in [1.82, 2.24) is 9.97 Å². The maximum atomic E-state index is 14.5. The molecule has 0 bridgehead atoms. The van der Waals surface area contributed by atoms with E-state index in [0.717, 1.165) is 44.1 Å². The number of hydrogen-bond acceptors (Lipinski definition) is 6. The second kappa shape index (κ2) is 9.46. The summed E-state index contributed by atoms with van der Waals surface area (Å²) in [5.41, 5.74) is 2.66. The van der Waals surface area contributed by atoms with Crippen molar-refractivity contribution in [3.8, 4) is 0 Å². The van der Waals surface area contributed by atoms with Crippen LogP contribution < -0.4 is 20.9 Å². The third kappa shape index (κ3) is 4.98. The molecule has 1 aliphatic heterocycles. The topological polar surface area (TPSA) is 99.2 Å². The third-order valence-electron chi connectivity index (χ3n) is 5.89. The minimum absolute atomic E-state index is 0.0128. The number of halogens is 1. The molecular formula is C25H25FN6O2. The van der Waals surface area contributed by atoms with E-state index in [9.17, 15) is 14.0 Å². The Balaban J connectivity index is 1.30. The Bertz CT molecular complexity index is 1210. The Kier molecular flexibility index (Phi) is 6.07. The van der Waals surface area contributed by atoms with Crippen molar-refractivity contribution in [2.45, 2.75) is 32.1 Å². The van der Waals surface area contributed by atoms with Crippen LogP contribution in [0.15, 0.2) is 54.7 Å². The van der Waals surface area contributed by atoms with Gasteiger partial charge in [-0.3, -0.25) is 9.59 Å². The molecule has 5 rings (SSSR count). The van der Waals surface area contributed by atoms with Gasteiger partial charge in [-0.05, 0) is 62.1 Å². The summed E-state index contributed by atoms with van der Waals surface area (Å²) in [6.07, 6.45) is 5.39. The summed E-state index contributed by atoms with van der Waals surface area (Å²) in [6, 6.07) is 14.5. The lowest BCUT2D eigenvalue weighted by Crippen LogP contribution is -2.35. The predicted molar refractivity (Wildman–Crippen MR) is 129 cm³/mol. The predicted octanol–water partition coefficient (Wildman–Crippen LogP) is 4.97. The first-order valence-corrected chi connectivity index (χ1v) is 11.4. The average Bonchev–Trinajstić information content (AvgIpc) is 3.69. The number of nitrogens with zero attached hydrogens (tertiary/aromatic N) is 3. The second-order valence-electron chi connectivity index (χ2n) is 8.50. The molecule has 9 heteroatoms. The van der Waals surface area contributed by atoms with E-state index in [0.29, 0.717) is 23.5 Å². The Morgan fingerprint density at radius 3 is 2.50 bits per heavy atom. The molecule has 2 aromatic carbocycles. The lowest BCUT2D eigenvalue weighted by Gasteiger charge is -2.26. The summed E-state index contributed by atoms with van der Waals surface area (Å²) in [5, 5.41) is 8.92. The molecule has 0 atom stereocenters. The number of para-hydroxylation sites is 2. The van der Waals surface area contributed by atoms with E-state index >= 15 is 0 Å². The van der Waals surface area contributed by atoms with Gasteiger partial charge in [-0.25, -0.2) is 9.37 Å². The van der Waals surface area contributed by atoms with Crippen LogP contribution in [0.25, 0.3) is 0 Å². The summed E-state index contributed by atoms with van der Waals surface area (Å²) in [7, 11) is 0. The number of aromatic nitrogens is 2. The zero-order valence-corrected chi connectivity index (χ0v) is 18.6. The molecule has 2 aliphatic rings. The van der Waals surface area contributed by atoms with Gasteiger partial charge in [-0.1, -0.05) is 12.1 Å². The number of hydrogen-bond donors (Lipinski definition) is 3. The van der Waals surface area contributed by atoms with Gasteiger partial charge in [0.05, 0.1) is 17.6 Å². The van der Waals surface area contributed by atoms with E-state index in [1.807, 2.05) is 24.3 Å². The Hall–Kier alpha value is -4.01. The summed E-state index contributed by atoms with van der Waals surface area (Å²) in [4.78, 5) is 34.4. The molecule has 3 aromatic rings. The van der Waals surface area contributed by atoms with Crippen LogP contribution in [0.3, 0.4) is 0 Å². The monoisotopic (exact) mass is 460 g/mol. The van der Waals surface area contributed by atoms with Crippen molar-refractivity contribution >= 4 is 46.3 Å². The van der Waals surface area contributed by atoms with Gasteiger partial charge >= 0.3 is 0 Å². The zero-order chi connectivity index (χ0) is 23.5. The Morgan fingerprint density at radius 1 is 1.00 bits per heavy atom. The molecule has 8 nitrogen and oxygen atoms in total. The van der Waals surface area contributed by atoms with E-state index in [-0.39, 0.29) is 29.5 Å². The first-order valence-electron chi connectivity index (χ1n) is 11.4. The van der Waals surface area contributed by atoms with Crippen LogP contribution in [-0.4, -0.2) is 28.3 Å². The van der Waals surface area contributed by atoms with E-state index in [4.69, 9.17) is 0 Å². The molecule has 0 spiro atoms. The molecule has 2 fully saturated rings. The molecule has 1 aliphatic carbocycles. The van der Waals surface area contributed by atoms with Crippen LogP contribution in [0.4, 0.5) is 38.9 Å². The highest BCUT2D eigenvalue weighted by Gasteiger charge is 2.30. The van der Waals surface area contributed by atoms with Gasteiger partial charge in [0.2, 0.25) is 17.8 Å². The smallest absolute Gasteiger partial charge is 0.229 e. The van der Waals surface area contributed by atoms with Crippen LogP contribution in [-0.2, 0) is 9.59 Å². The fourth-order valence-electron chi connectivity index (χ4n) is 3.86. The van der Waals surface area contributed by atoms with Crippen molar-refractivity contribution in [2.24, 2.45) is 5.92 Å². The molecule has 174 valence electrons. The van der Waals surface area contributed by atoms with Crippen molar-refractivity contribution in [1.29, 1.82) is 0 Å². The fraction of sp³-hybridized carbons (Fsp3) is 0.280. The number of nitrogens with one attached hydrogen (secondary N) is 3. The number of rotatable bonds is 7. The first-order chi connectivity index (χ1) is 16.6. The summed E-state index contributed by atoms with van der Waals surface area (Å²) < 4.78 is 14.5. The first kappa shape index (κ1) is 21.8. The number of carbonyl (C=O) groups excluding carboxylic acids is 2. The van der Waals surface area contributed by atoms with Crippen molar-refractivity contribution in [3.05, 3.63) is 60.5 Å². The number of anilines is 6. The molecule has 3 N–H and O–H groups in total. The van der Waals surface area contributed by atoms with Crippen molar-refractivity contribution < 1.29 is 14.0 Å². The highest BCUT2D eigenvalue weighted by atomic mass is 19.1. The Labute approximate surface area is 196 Å². The molecule has 2 amide bonds. The van der Waals surface area contributed by atoms with Gasteiger partial charge in [-0.2, -0.15) is 4.98 Å². The largest absolute Gasteiger partial charge is 0.336 e. The van der Waals surface area contributed by atoms with Crippen LogP contribution in [0, 0.1) is 11.7 Å². The highest BCUT2D eigenvalue weighted by molar-refractivity contribution is 5.97. The summed E-state index contributed by atoms with van der Waals surface area (Å²) in [6.45, 7) is 0.726. The second-order valence-corrected chi connectivity index (χ2v) is 8.50. The average molecular weight is 461 g/mol. The lowest BCUT2D eigenvalue weighted by molar-refractivity contribution is -0.119. The van der Waals surface area contributed by atoms with Crippen molar-refractivity contribution in [3.63, 3.8) is 0 Å². The van der Waals surface area contributed by atoms with Gasteiger partial charge in [0, 0.05) is 30.3 Å². The lowest BCUT2D eigenvalue weighted by atomic mass is 10.1. The van der Waals surface area contributed by atoms with Gasteiger partial charge in [-0.15, -0.1) is 0 Å². The van der Waals surface area contributed by atoms with Crippen molar-refractivity contribution in [2.75, 3.05) is 27.4 Å². The normalized spacial score (nSPS) is 15.7. The van der Waals surface area contributed by atoms with E-state index in [1.165, 1.54) is 0 Å². The number of carbonyl (C=O) groups is 2. The van der Waals surface area contributed by atoms with Crippen LogP contribution in [0.2, 0.25) is 0 Å². The van der Waals surface area contributed by atoms with Gasteiger partial charge in [0.25, 0.3) is 0 Å². The zero-order valence-electron chi connectivity index (χ0n) is 18.6. The molecule has 1 saturated heterocycles. The van der Waals surface area contributed by atoms with E-state index < -0.39 is 5.82 Å². The van der Waals surface area contributed by atoms with E-state index in [2.05, 4.69) is 25.9 Å².